The Kier molecular flexibility index (Phi) is 9.75. The van der Waals surface area contributed by atoms with Crippen molar-refractivity contribution in [1.29, 1.82) is 0 Å². The lowest BCUT2D eigenvalue weighted by Gasteiger charge is -2.27. The number of hydrogen-bond acceptors (Lipinski definition) is 8. The van der Waals surface area contributed by atoms with Gasteiger partial charge >= 0.3 is 0 Å². The Morgan fingerprint density at radius 1 is 1.06 bits per heavy atom. The number of carbonyl (C=O) groups excluding carboxylic acids is 1. The number of nitrogens with two attached hydrogens (primary N) is 1. The van der Waals surface area contributed by atoms with Gasteiger partial charge < -0.3 is 15.9 Å². The lowest BCUT2D eigenvalue weighted by Crippen LogP contribution is -2.38. The number of nitrogens with zero attached hydrogens (tertiary/aromatic N) is 4. The highest BCUT2D eigenvalue weighted by Crippen LogP contribution is 2.32. The van der Waals surface area contributed by atoms with Gasteiger partial charge in [0.15, 0.2) is 0 Å². The van der Waals surface area contributed by atoms with E-state index in [0.29, 0.717) is 0 Å². The van der Waals surface area contributed by atoms with E-state index in [4.69, 9.17) is 14.5 Å². The van der Waals surface area contributed by atoms with Crippen LogP contribution in [0.3, 0.4) is 0 Å². The average Bonchev–Trinajstić information content (AvgIpc) is 3.29. The third-order valence-corrected chi connectivity index (χ3v) is 5.63. The van der Waals surface area contributed by atoms with Crippen molar-refractivity contribution in [2.75, 3.05) is 32.2 Å². The van der Waals surface area contributed by atoms with Crippen molar-refractivity contribution < 1.29 is 9.53 Å². The van der Waals surface area contributed by atoms with Gasteiger partial charge in [0, 0.05) is 51.0 Å². The Balaban J connectivity index is 0.00000103. The Hall–Kier alpha value is -3.56. The summed E-state index contributed by atoms with van der Waals surface area (Å²) in [5, 5.41) is 1.82. The topological polar surface area (TPSA) is 117 Å². The van der Waals surface area contributed by atoms with E-state index >= 15 is 0 Å². The first-order chi connectivity index (χ1) is 16.7. The summed E-state index contributed by atoms with van der Waals surface area (Å²) in [6.07, 6.45) is 17.9. The number of rotatable bonds is 0. The maximum Gasteiger partial charge on any atom is 0.204 e. The van der Waals surface area contributed by atoms with E-state index < -0.39 is 0 Å². The molecular formula is C25H33N7O2. The molecule has 34 heavy (non-hydrogen) atoms. The van der Waals surface area contributed by atoms with E-state index in [1.54, 1.807) is 6.21 Å². The zero-order valence-corrected chi connectivity index (χ0v) is 19.6. The zero-order chi connectivity index (χ0) is 24.1. The molecule has 4 N–H and O–H groups in total. The lowest BCUT2D eigenvalue weighted by atomic mass is 9.92. The summed E-state index contributed by atoms with van der Waals surface area (Å²) >= 11 is 0. The molecule has 0 bridgehead atoms. The third-order valence-electron chi connectivity index (χ3n) is 5.63. The SMILES string of the molecule is CN1NC(=C2C=NCCC3(CCCO3)CCN=C/C=C\2)/C=C/C=Nc2ccccc2N1.NC=O. The molecule has 0 aromatic heterocycles. The van der Waals surface area contributed by atoms with E-state index in [9.17, 15) is 0 Å². The number of para-hydroxylation sites is 2. The summed E-state index contributed by atoms with van der Waals surface area (Å²) < 4.78 is 6.10. The highest BCUT2D eigenvalue weighted by atomic mass is 16.5. The predicted octanol–water partition coefficient (Wildman–Crippen LogP) is 3.12. The van der Waals surface area contributed by atoms with E-state index in [1.165, 1.54) is 0 Å². The number of fused-ring (bicyclic) bond motifs is 1. The second-order valence-electron chi connectivity index (χ2n) is 8.03. The van der Waals surface area contributed by atoms with Crippen molar-refractivity contribution in [2.45, 2.75) is 31.3 Å². The van der Waals surface area contributed by atoms with Gasteiger partial charge in [0.05, 0.1) is 22.7 Å². The summed E-state index contributed by atoms with van der Waals surface area (Å²) in [4.78, 5) is 22.4. The van der Waals surface area contributed by atoms with Crippen LogP contribution in [0.2, 0.25) is 0 Å². The van der Waals surface area contributed by atoms with Crippen LogP contribution in [0, 0.1) is 0 Å². The number of anilines is 1. The van der Waals surface area contributed by atoms with Crippen LogP contribution in [-0.2, 0) is 9.53 Å². The minimum Gasteiger partial charge on any atom is -0.375 e. The monoisotopic (exact) mass is 463 g/mol. The van der Waals surface area contributed by atoms with E-state index in [1.807, 2.05) is 73.2 Å². The summed E-state index contributed by atoms with van der Waals surface area (Å²) in [5.74, 6) is 0. The van der Waals surface area contributed by atoms with Crippen molar-refractivity contribution in [3.05, 3.63) is 59.8 Å². The molecule has 1 atom stereocenters. The first-order valence-corrected chi connectivity index (χ1v) is 11.4. The van der Waals surface area contributed by atoms with E-state index in [0.717, 1.165) is 68.0 Å². The molecule has 4 rings (SSSR count). The summed E-state index contributed by atoms with van der Waals surface area (Å²) in [7, 11) is 1.93. The number of nitrogens with one attached hydrogen (secondary N) is 2. The van der Waals surface area contributed by atoms with Crippen LogP contribution in [0.25, 0.3) is 0 Å². The zero-order valence-electron chi connectivity index (χ0n) is 19.6. The summed E-state index contributed by atoms with van der Waals surface area (Å²) in [5.41, 5.74) is 14.5. The fourth-order valence-electron chi connectivity index (χ4n) is 3.99. The molecule has 3 heterocycles. The van der Waals surface area contributed by atoms with E-state index in [2.05, 4.69) is 26.6 Å². The molecule has 0 aliphatic carbocycles. The minimum atomic E-state index is -0.0621. The molecule has 0 saturated carbocycles. The Morgan fingerprint density at radius 3 is 2.62 bits per heavy atom. The van der Waals surface area contributed by atoms with Crippen molar-refractivity contribution >= 4 is 36.4 Å². The molecule has 1 aromatic rings. The summed E-state index contributed by atoms with van der Waals surface area (Å²) in [6, 6.07) is 7.93. The smallest absolute Gasteiger partial charge is 0.204 e. The number of benzene rings is 1. The molecule has 1 saturated heterocycles. The molecule has 0 radical (unpaired) electrons. The van der Waals surface area contributed by atoms with Crippen molar-refractivity contribution in [3.8, 4) is 0 Å². The molecule has 180 valence electrons. The number of amides is 1. The van der Waals surface area contributed by atoms with Crippen LogP contribution >= 0.6 is 0 Å². The van der Waals surface area contributed by atoms with Gasteiger partial charge in [-0.05, 0) is 62.1 Å². The third kappa shape index (κ3) is 7.50. The van der Waals surface area contributed by atoms with Crippen molar-refractivity contribution in [3.63, 3.8) is 0 Å². The van der Waals surface area contributed by atoms with Crippen LogP contribution in [0.5, 0.6) is 0 Å². The average molecular weight is 464 g/mol. The Morgan fingerprint density at radius 2 is 1.82 bits per heavy atom. The van der Waals surface area contributed by atoms with Gasteiger partial charge in [-0.3, -0.25) is 25.2 Å². The molecule has 3 aliphatic rings. The maximum absolute atomic E-state index is 8.58. The van der Waals surface area contributed by atoms with Gasteiger partial charge in [-0.2, -0.15) is 0 Å². The van der Waals surface area contributed by atoms with Gasteiger partial charge in [0.2, 0.25) is 6.41 Å². The number of hydrazine groups is 2. The highest BCUT2D eigenvalue weighted by molar-refractivity contribution is 5.87. The first-order valence-electron chi connectivity index (χ1n) is 11.4. The molecule has 9 nitrogen and oxygen atoms in total. The molecule has 1 aromatic carbocycles. The van der Waals surface area contributed by atoms with Crippen molar-refractivity contribution in [1.82, 2.24) is 10.5 Å². The fourth-order valence-corrected chi connectivity index (χ4v) is 3.99. The van der Waals surface area contributed by atoms with Crippen molar-refractivity contribution in [2.24, 2.45) is 20.7 Å². The molecule has 1 spiro atoms. The van der Waals surface area contributed by atoms with Gasteiger partial charge in [0.1, 0.15) is 0 Å². The first kappa shape index (κ1) is 25.1. The highest BCUT2D eigenvalue weighted by Gasteiger charge is 2.33. The number of hydrogen-bond donors (Lipinski definition) is 3. The second kappa shape index (κ2) is 13.2. The number of allylic oxidation sites excluding steroid dienone is 5. The molecule has 1 amide bonds. The number of carbonyl (C=O) groups is 1. The molecule has 1 unspecified atom stereocenters. The molecule has 1 fully saturated rings. The van der Waals surface area contributed by atoms with Gasteiger partial charge in [-0.25, -0.2) is 0 Å². The predicted molar refractivity (Wildman–Crippen MR) is 139 cm³/mol. The van der Waals surface area contributed by atoms with Gasteiger partial charge in [0.25, 0.3) is 0 Å². The number of aliphatic imine (C=N–C) groups is 3. The second-order valence-corrected chi connectivity index (χ2v) is 8.03. The quantitative estimate of drug-likeness (QED) is 0.511. The minimum absolute atomic E-state index is 0.0621. The fraction of sp³-hybridized carbons (Fsp3) is 0.360. The van der Waals surface area contributed by atoms with Crippen LogP contribution in [0.4, 0.5) is 11.4 Å². The normalized spacial score (nSPS) is 27.1. The number of ether oxygens (including phenoxy) is 1. The van der Waals surface area contributed by atoms with Crippen LogP contribution in [0.15, 0.2) is 74.8 Å². The molecule has 3 aliphatic heterocycles. The molecule has 9 heteroatoms. The maximum atomic E-state index is 8.58. The van der Waals surface area contributed by atoms with Crippen LogP contribution in [-0.4, -0.2) is 62.5 Å². The summed E-state index contributed by atoms with van der Waals surface area (Å²) in [6.45, 7) is 2.36. The van der Waals surface area contributed by atoms with Gasteiger partial charge in [-0.15, -0.1) is 5.12 Å². The van der Waals surface area contributed by atoms with Gasteiger partial charge in [-0.1, -0.05) is 12.1 Å². The Bertz CT molecular complexity index is 989. The standard InChI is InChI=1S/C24H30N6O.CH3NO/c1-30-28-21(10-5-15-27-22-8-2-3-9-23(22)29-30)20-7-4-14-25-16-12-24(11-6-18-31-24)13-17-26-19-20;2-1-3/h2-5,7-10,14-15,19,28-29H,6,11-13,16-18H2,1H3;1H,(H2,2,3)/b7-4-,10-5+,21-20-,25-14?,26-19?,27-15?;. The lowest BCUT2D eigenvalue weighted by molar-refractivity contribution is -0.106. The number of primary amides is 1. The van der Waals surface area contributed by atoms with E-state index in [-0.39, 0.29) is 12.0 Å². The van der Waals surface area contributed by atoms with Crippen LogP contribution < -0.4 is 16.6 Å². The van der Waals surface area contributed by atoms with Crippen LogP contribution in [0.1, 0.15) is 25.7 Å². The largest absolute Gasteiger partial charge is 0.375 e. The molecular weight excluding hydrogens is 430 g/mol. The Labute approximate surface area is 200 Å².